The first-order chi connectivity index (χ1) is 10.0. The van der Waals surface area contributed by atoms with Crippen molar-refractivity contribution in [2.24, 2.45) is 0 Å². The van der Waals surface area contributed by atoms with Gasteiger partial charge in [-0.15, -0.1) is 0 Å². The molecule has 0 saturated carbocycles. The van der Waals surface area contributed by atoms with Crippen molar-refractivity contribution >= 4 is 17.6 Å². The van der Waals surface area contributed by atoms with Crippen molar-refractivity contribution in [3.63, 3.8) is 0 Å². The van der Waals surface area contributed by atoms with Crippen LogP contribution in [0.3, 0.4) is 0 Å². The minimum absolute atomic E-state index is 0.0696. The van der Waals surface area contributed by atoms with Crippen molar-refractivity contribution < 1.29 is 19.4 Å². The number of aromatic carboxylic acids is 1. The predicted octanol–water partition coefficient (Wildman–Crippen LogP) is 2.06. The molecule has 21 heavy (non-hydrogen) atoms. The van der Waals surface area contributed by atoms with Crippen LogP contribution in [0.1, 0.15) is 21.0 Å². The van der Waals surface area contributed by atoms with Crippen LogP contribution in [0.2, 0.25) is 0 Å². The maximum atomic E-state index is 12.3. The summed E-state index contributed by atoms with van der Waals surface area (Å²) in [5.41, 5.74) is 0.530. The zero-order chi connectivity index (χ0) is 15.4. The number of hydrogen-bond donors (Lipinski definition) is 1. The Kier molecular flexibility index (Phi) is 4.18. The summed E-state index contributed by atoms with van der Waals surface area (Å²) in [7, 11) is 3.13. The molecule has 108 valence electrons. The molecule has 1 N–H and O–H groups in total. The van der Waals surface area contributed by atoms with Gasteiger partial charge in [-0.05, 0) is 24.3 Å². The number of carboxylic acids is 1. The molecule has 1 aromatic heterocycles. The van der Waals surface area contributed by atoms with Crippen molar-refractivity contribution in [1.29, 1.82) is 0 Å². The maximum absolute atomic E-state index is 12.3. The van der Waals surface area contributed by atoms with Crippen molar-refractivity contribution in [2.75, 3.05) is 19.1 Å². The van der Waals surface area contributed by atoms with E-state index in [2.05, 4.69) is 4.98 Å². The smallest absolute Gasteiger partial charge is 0.354 e. The zero-order valence-corrected chi connectivity index (χ0v) is 11.6. The lowest BCUT2D eigenvalue weighted by molar-refractivity contribution is 0.0690. The van der Waals surface area contributed by atoms with Gasteiger partial charge in [0, 0.05) is 18.8 Å². The lowest BCUT2D eigenvalue weighted by Gasteiger charge is -2.17. The first kappa shape index (κ1) is 14.5. The molecule has 0 bridgehead atoms. The molecule has 0 unspecified atom stereocenters. The summed E-state index contributed by atoms with van der Waals surface area (Å²) in [6.45, 7) is 0. The number of aromatic nitrogens is 1. The number of carboxylic acid groups (broad SMARTS) is 1. The normalized spacial score (nSPS) is 10.0. The number of amides is 1. The third kappa shape index (κ3) is 3.17. The Hall–Kier alpha value is -2.89. The van der Waals surface area contributed by atoms with E-state index in [0.29, 0.717) is 11.4 Å². The number of methoxy groups -OCH3 is 1. The average molecular weight is 286 g/mol. The highest BCUT2D eigenvalue weighted by atomic mass is 16.5. The highest BCUT2D eigenvalue weighted by Gasteiger charge is 2.17. The molecule has 1 aromatic carbocycles. The van der Waals surface area contributed by atoms with Crippen LogP contribution in [0.5, 0.6) is 5.75 Å². The van der Waals surface area contributed by atoms with Gasteiger partial charge >= 0.3 is 5.97 Å². The van der Waals surface area contributed by atoms with Gasteiger partial charge in [0.05, 0.1) is 7.11 Å². The summed E-state index contributed by atoms with van der Waals surface area (Å²) in [4.78, 5) is 28.5. The Labute approximate surface area is 121 Å². The topological polar surface area (TPSA) is 79.7 Å². The molecule has 2 aromatic rings. The fourth-order valence-electron chi connectivity index (χ4n) is 1.78. The first-order valence-electron chi connectivity index (χ1n) is 6.15. The molecule has 1 amide bonds. The highest BCUT2D eigenvalue weighted by molar-refractivity contribution is 6.05. The van der Waals surface area contributed by atoms with Gasteiger partial charge in [-0.3, -0.25) is 4.79 Å². The van der Waals surface area contributed by atoms with Gasteiger partial charge in [-0.1, -0.05) is 12.1 Å². The Balaban J connectivity index is 2.30. The summed E-state index contributed by atoms with van der Waals surface area (Å²) < 4.78 is 5.11. The molecule has 6 heteroatoms. The van der Waals surface area contributed by atoms with E-state index in [1.807, 2.05) is 0 Å². The molecule has 0 radical (unpaired) electrons. The molecule has 0 aliphatic rings. The fourth-order valence-corrected chi connectivity index (χ4v) is 1.78. The van der Waals surface area contributed by atoms with Crippen molar-refractivity contribution in [3.8, 4) is 5.75 Å². The first-order valence-corrected chi connectivity index (χ1v) is 6.15. The van der Waals surface area contributed by atoms with Crippen LogP contribution < -0.4 is 9.64 Å². The minimum Gasteiger partial charge on any atom is -0.497 e. The number of carbonyl (C=O) groups excluding carboxylic acids is 1. The molecular formula is C15H14N2O4. The van der Waals surface area contributed by atoms with E-state index in [-0.39, 0.29) is 11.4 Å². The molecule has 0 aliphatic heterocycles. The van der Waals surface area contributed by atoms with Gasteiger partial charge in [-0.25, -0.2) is 9.78 Å². The van der Waals surface area contributed by atoms with E-state index in [4.69, 9.17) is 9.84 Å². The number of pyridine rings is 1. The average Bonchev–Trinajstić information content (AvgIpc) is 2.53. The van der Waals surface area contributed by atoms with Crippen LogP contribution in [-0.2, 0) is 0 Å². The summed E-state index contributed by atoms with van der Waals surface area (Å²) >= 11 is 0. The van der Waals surface area contributed by atoms with Gasteiger partial charge in [0.15, 0.2) is 0 Å². The Morgan fingerprint density at radius 1 is 1.14 bits per heavy atom. The second kappa shape index (κ2) is 6.04. The van der Waals surface area contributed by atoms with Crippen LogP contribution >= 0.6 is 0 Å². The van der Waals surface area contributed by atoms with Gasteiger partial charge < -0.3 is 14.7 Å². The molecule has 0 saturated heterocycles. The van der Waals surface area contributed by atoms with Gasteiger partial charge in [0.1, 0.15) is 17.1 Å². The molecule has 0 spiro atoms. The minimum atomic E-state index is -1.17. The second-order valence-electron chi connectivity index (χ2n) is 4.28. The molecule has 2 rings (SSSR count). The number of carbonyl (C=O) groups is 2. The number of rotatable bonds is 4. The van der Waals surface area contributed by atoms with E-state index >= 15 is 0 Å². The van der Waals surface area contributed by atoms with Crippen LogP contribution in [-0.4, -0.2) is 36.1 Å². The van der Waals surface area contributed by atoms with Crippen molar-refractivity contribution in [1.82, 2.24) is 4.98 Å². The summed E-state index contributed by atoms with van der Waals surface area (Å²) in [5, 5.41) is 8.91. The van der Waals surface area contributed by atoms with Crippen LogP contribution in [0.15, 0.2) is 42.5 Å². The van der Waals surface area contributed by atoms with Crippen LogP contribution in [0.25, 0.3) is 0 Å². The van der Waals surface area contributed by atoms with Crippen LogP contribution in [0, 0.1) is 0 Å². The lowest BCUT2D eigenvalue weighted by atomic mass is 10.2. The Morgan fingerprint density at radius 2 is 1.81 bits per heavy atom. The van der Waals surface area contributed by atoms with Crippen molar-refractivity contribution in [3.05, 3.63) is 53.9 Å². The van der Waals surface area contributed by atoms with E-state index in [9.17, 15) is 9.59 Å². The van der Waals surface area contributed by atoms with Gasteiger partial charge in [-0.2, -0.15) is 0 Å². The third-order valence-corrected chi connectivity index (χ3v) is 2.93. The molecule has 0 atom stereocenters. The van der Waals surface area contributed by atoms with Crippen molar-refractivity contribution in [2.45, 2.75) is 0 Å². The third-order valence-electron chi connectivity index (χ3n) is 2.93. The van der Waals surface area contributed by atoms with E-state index < -0.39 is 11.9 Å². The summed E-state index contributed by atoms with van der Waals surface area (Å²) in [6.07, 6.45) is 0. The fraction of sp³-hybridized carbons (Fsp3) is 0.133. The quantitative estimate of drug-likeness (QED) is 0.930. The second-order valence-corrected chi connectivity index (χ2v) is 4.28. The van der Waals surface area contributed by atoms with Gasteiger partial charge in [0.2, 0.25) is 0 Å². The maximum Gasteiger partial charge on any atom is 0.354 e. The molecule has 6 nitrogen and oxygen atoms in total. The molecule has 1 heterocycles. The summed E-state index contributed by atoms with van der Waals surface area (Å²) in [5.74, 6) is -0.945. The predicted molar refractivity (Wildman–Crippen MR) is 76.9 cm³/mol. The molecular weight excluding hydrogens is 272 g/mol. The monoisotopic (exact) mass is 286 g/mol. The van der Waals surface area contributed by atoms with E-state index in [1.165, 1.54) is 23.1 Å². The zero-order valence-electron chi connectivity index (χ0n) is 11.6. The number of anilines is 1. The van der Waals surface area contributed by atoms with Gasteiger partial charge in [0.25, 0.3) is 5.91 Å². The summed E-state index contributed by atoms with van der Waals surface area (Å²) in [6, 6.07) is 11.3. The molecule has 0 aliphatic carbocycles. The van der Waals surface area contributed by atoms with E-state index in [1.54, 1.807) is 38.4 Å². The van der Waals surface area contributed by atoms with Crippen LogP contribution in [0.4, 0.5) is 5.69 Å². The Morgan fingerprint density at radius 3 is 2.48 bits per heavy atom. The Bertz CT molecular complexity index is 685. The lowest BCUT2D eigenvalue weighted by Crippen LogP contribution is -2.27. The number of benzene rings is 1. The number of ether oxygens (including phenoxy) is 1. The highest BCUT2D eigenvalue weighted by Crippen LogP contribution is 2.21. The number of hydrogen-bond acceptors (Lipinski definition) is 4. The largest absolute Gasteiger partial charge is 0.497 e. The van der Waals surface area contributed by atoms with E-state index in [0.717, 1.165) is 0 Å². The SMILES string of the molecule is COc1cccc(N(C)C(=O)c2cccc(C(=O)O)n2)c1. The standard InChI is InChI=1S/C15H14N2O4/c1-17(10-5-3-6-11(9-10)21-2)14(18)12-7-4-8-13(16-12)15(19)20/h3-9H,1-2H3,(H,19,20). The molecule has 0 fully saturated rings. The number of nitrogens with zero attached hydrogens (tertiary/aromatic N) is 2.